The Kier molecular flexibility index (Phi) is 4.23. The van der Waals surface area contributed by atoms with Crippen molar-refractivity contribution in [1.29, 1.82) is 0 Å². The normalized spacial score (nSPS) is 20.7. The first kappa shape index (κ1) is 17.1. The molecule has 0 radical (unpaired) electrons. The Bertz CT molecular complexity index is 820. The molecular weight excluding hydrogens is 341 g/mol. The zero-order chi connectivity index (χ0) is 18.3. The first-order valence-corrected chi connectivity index (χ1v) is 8.69. The SMILES string of the molecule is O=C1c2ccc(C(F)(F)F)cc2CC2CN(Cc3ccccc3)CCN12. The van der Waals surface area contributed by atoms with Crippen LogP contribution in [-0.4, -0.2) is 41.4 Å². The Morgan fingerprint density at radius 1 is 1.04 bits per heavy atom. The number of piperazine rings is 1. The second-order valence-corrected chi connectivity index (χ2v) is 6.95. The maximum Gasteiger partial charge on any atom is 0.416 e. The summed E-state index contributed by atoms with van der Waals surface area (Å²) in [5.74, 6) is -0.149. The number of benzene rings is 2. The predicted octanol–water partition coefficient (Wildman–Crippen LogP) is 3.59. The summed E-state index contributed by atoms with van der Waals surface area (Å²) in [6.07, 6.45) is -3.92. The van der Waals surface area contributed by atoms with Gasteiger partial charge in [0.1, 0.15) is 0 Å². The van der Waals surface area contributed by atoms with Gasteiger partial charge in [0.15, 0.2) is 0 Å². The first-order valence-electron chi connectivity index (χ1n) is 8.69. The molecule has 0 aliphatic carbocycles. The van der Waals surface area contributed by atoms with Crippen LogP contribution in [0.3, 0.4) is 0 Å². The fourth-order valence-electron chi connectivity index (χ4n) is 3.90. The number of alkyl halides is 3. The van der Waals surface area contributed by atoms with Crippen molar-refractivity contribution in [1.82, 2.24) is 9.80 Å². The van der Waals surface area contributed by atoms with Crippen molar-refractivity contribution in [2.75, 3.05) is 19.6 Å². The number of hydrogen-bond acceptors (Lipinski definition) is 2. The van der Waals surface area contributed by atoms with E-state index in [1.807, 2.05) is 23.1 Å². The molecule has 4 rings (SSSR count). The highest BCUT2D eigenvalue weighted by Crippen LogP contribution is 2.34. The molecule has 0 aromatic heterocycles. The third-order valence-corrected chi connectivity index (χ3v) is 5.20. The number of carbonyl (C=O) groups excluding carboxylic acids is 1. The molecule has 1 fully saturated rings. The van der Waals surface area contributed by atoms with Crippen molar-refractivity contribution in [3.63, 3.8) is 0 Å². The van der Waals surface area contributed by atoms with E-state index < -0.39 is 11.7 Å². The summed E-state index contributed by atoms with van der Waals surface area (Å²) in [6.45, 7) is 2.84. The van der Waals surface area contributed by atoms with Crippen molar-refractivity contribution in [3.8, 4) is 0 Å². The van der Waals surface area contributed by atoms with E-state index in [0.717, 1.165) is 25.2 Å². The van der Waals surface area contributed by atoms with Crippen LogP contribution in [0.4, 0.5) is 13.2 Å². The molecule has 2 aromatic rings. The van der Waals surface area contributed by atoms with Gasteiger partial charge in [-0.3, -0.25) is 9.69 Å². The lowest BCUT2D eigenvalue weighted by Gasteiger charge is -2.44. The van der Waals surface area contributed by atoms with Crippen LogP contribution in [0.15, 0.2) is 48.5 Å². The van der Waals surface area contributed by atoms with Gasteiger partial charge in [0.05, 0.1) is 5.56 Å². The van der Waals surface area contributed by atoms with E-state index in [2.05, 4.69) is 17.0 Å². The van der Waals surface area contributed by atoms with E-state index >= 15 is 0 Å². The van der Waals surface area contributed by atoms with Crippen LogP contribution in [0.2, 0.25) is 0 Å². The molecule has 1 atom stereocenters. The maximum absolute atomic E-state index is 13.0. The van der Waals surface area contributed by atoms with Crippen LogP contribution >= 0.6 is 0 Å². The number of amides is 1. The monoisotopic (exact) mass is 360 g/mol. The second-order valence-electron chi connectivity index (χ2n) is 6.95. The minimum atomic E-state index is -4.39. The summed E-state index contributed by atoms with van der Waals surface area (Å²) in [7, 11) is 0. The largest absolute Gasteiger partial charge is 0.416 e. The molecule has 1 unspecified atom stereocenters. The highest BCUT2D eigenvalue weighted by molar-refractivity contribution is 5.97. The lowest BCUT2D eigenvalue weighted by Crippen LogP contribution is -2.57. The lowest BCUT2D eigenvalue weighted by atomic mass is 9.90. The summed E-state index contributed by atoms with van der Waals surface area (Å²) in [4.78, 5) is 16.8. The van der Waals surface area contributed by atoms with Gasteiger partial charge in [0.2, 0.25) is 0 Å². The van der Waals surface area contributed by atoms with E-state index in [-0.39, 0.29) is 11.9 Å². The highest BCUT2D eigenvalue weighted by atomic mass is 19.4. The van der Waals surface area contributed by atoms with E-state index in [0.29, 0.717) is 30.6 Å². The third kappa shape index (κ3) is 3.21. The summed E-state index contributed by atoms with van der Waals surface area (Å²) in [5.41, 5.74) is 1.43. The van der Waals surface area contributed by atoms with E-state index in [1.54, 1.807) is 0 Å². The molecule has 2 aromatic carbocycles. The molecular formula is C20H19F3N2O. The average molecular weight is 360 g/mol. The average Bonchev–Trinajstić information content (AvgIpc) is 2.61. The van der Waals surface area contributed by atoms with Gasteiger partial charge in [0.25, 0.3) is 5.91 Å². The molecule has 0 spiro atoms. The Hall–Kier alpha value is -2.34. The molecule has 2 aliphatic rings. The number of nitrogens with zero attached hydrogens (tertiary/aromatic N) is 2. The Balaban J connectivity index is 1.54. The molecule has 3 nitrogen and oxygen atoms in total. The molecule has 0 saturated carbocycles. The van der Waals surface area contributed by atoms with Crippen LogP contribution in [-0.2, 0) is 19.1 Å². The predicted molar refractivity (Wildman–Crippen MR) is 91.7 cm³/mol. The Morgan fingerprint density at radius 3 is 2.54 bits per heavy atom. The highest BCUT2D eigenvalue weighted by Gasteiger charge is 2.38. The molecule has 6 heteroatoms. The molecule has 1 saturated heterocycles. The number of carbonyl (C=O) groups is 1. The van der Waals surface area contributed by atoms with Gasteiger partial charge in [-0.15, -0.1) is 0 Å². The van der Waals surface area contributed by atoms with Crippen LogP contribution in [0.25, 0.3) is 0 Å². The van der Waals surface area contributed by atoms with Gasteiger partial charge < -0.3 is 4.90 Å². The van der Waals surface area contributed by atoms with Gasteiger partial charge in [-0.05, 0) is 35.7 Å². The molecule has 0 bridgehead atoms. The van der Waals surface area contributed by atoms with Crippen molar-refractivity contribution in [3.05, 3.63) is 70.8 Å². The summed E-state index contributed by atoms with van der Waals surface area (Å²) in [5, 5.41) is 0. The number of fused-ring (bicyclic) bond motifs is 2. The quantitative estimate of drug-likeness (QED) is 0.817. The fraction of sp³-hybridized carbons (Fsp3) is 0.350. The smallest absolute Gasteiger partial charge is 0.333 e. The fourth-order valence-corrected chi connectivity index (χ4v) is 3.90. The molecule has 26 heavy (non-hydrogen) atoms. The van der Waals surface area contributed by atoms with Gasteiger partial charge in [-0.1, -0.05) is 30.3 Å². The zero-order valence-electron chi connectivity index (χ0n) is 14.2. The van der Waals surface area contributed by atoms with Gasteiger partial charge in [-0.2, -0.15) is 13.2 Å². The van der Waals surface area contributed by atoms with Crippen molar-refractivity contribution >= 4 is 5.91 Å². The topological polar surface area (TPSA) is 23.6 Å². The minimum Gasteiger partial charge on any atom is -0.333 e. The van der Waals surface area contributed by atoms with Gasteiger partial charge >= 0.3 is 6.18 Å². The Labute approximate surface area is 150 Å². The lowest BCUT2D eigenvalue weighted by molar-refractivity contribution is -0.137. The van der Waals surface area contributed by atoms with E-state index in [9.17, 15) is 18.0 Å². The maximum atomic E-state index is 13.0. The zero-order valence-corrected chi connectivity index (χ0v) is 14.2. The first-order chi connectivity index (χ1) is 12.4. The van der Waals surface area contributed by atoms with Crippen LogP contribution in [0.5, 0.6) is 0 Å². The van der Waals surface area contributed by atoms with Crippen molar-refractivity contribution in [2.45, 2.75) is 25.2 Å². The molecule has 2 heterocycles. The number of halogens is 3. The molecule has 1 amide bonds. The van der Waals surface area contributed by atoms with E-state index in [1.165, 1.54) is 11.6 Å². The standard InChI is InChI=1S/C20H19F3N2O/c21-20(22,23)16-6-7-18-15(10-16)11-17-13-24(8-9-25(17)19(18)26)12-14-4-2-1-3-5-14/h1-7,10,17H,8-9,11-13H2. The second kappa shape index (κ2) is 6.43. The number of rotatable bonds is 2. The van der Waals surface area contributed by atoms with Crippen LogP contribution in [0.1, 0.15) is 27.0 Å². The molecule has 2 aliphatic heterocycles. The molecule has 0 N–H and O–H groups in total. The molecule has 136 valence electrons. The van der Waals surface area contributed by atoms with E-state index in [4.69, 9.17) is 0 Å². The van der Waals surface area contributed by atoms with Crippen molar-refractivity contribution < 1.29 is 18.0 Å². The van der Waals surface area contributed by atoms with Gasteiger partial charge in [-0.25, -0.2) is 0 Å². The summed E-state index contributed by atoms with van der Waals surface area (Å²) in [6, 6.07) is 13.5. The van der Waals surface area contributed by atoms with Crippen LogP contribution < -0.4 is 0 Å². The Morgan fingerprint density at radius 2 is 1.81 bits per heavy atom. The number of hydrogen-bond donors (Lipinski definition) is 0. The summed E-state index contributed by atoms with van der Waals surface area (Å²) >= 11 is 0. The summed E-state index contributed by atoms with van der Waals surface area (Å²) < 4.78 is 39.0. The third-order valence-electron chi connectivity index (χ3n) is 5.20. The van der Waals surface area contributed by atoms with Gasteiger partial charge in [0, 0.05) is 37.8 Å². The van der Waals surface area contributed by atoms with Crippen LogP contribution in [0, 0.1) is 0 Å². The minimum absolute atomic E-state index is 0.0732. The van der Waals surface area contributed by atoms with Crippen molar-refractivity contribution in [2.24, 2.45) is 0 Å².